The highest BCUT2D eigenvalue weighted by Crippen LogP contribution is 2.48. The van der Waals surface area contributed by atoms with Crippen LogP contribution in [-0.2, 0) is 10.3 Å². The van der Waals surface area contributed by atoms with Gasteiger partial charge in [0.25, 0.3) is 0 Å². The van der Waals surface area contributed by atoms with Crippen molar-refractivity contribution in [1.29, 1.82) is 0 Å². The molecule has 5 rings (SSSR count). The quantitative estimate of drug-likeness (QED) is 0.104. The number of nitrogens with one attached hydrogen (secondary N) is 1. The smallest absolute Gasteiger partial charge is 0.162 e. The SMILES string of the molecule is CCCCOc1ccc([N+]2(c3ccc(OCCCC)cc3)C=C(C=O)C(c3ccccc3)(c3ccccc3)N2)cc1. The first-order valence-electron chi connectivity index (χ1n) is 14.6. The molecule has 210 valence electrons. The number of aldehydes is 1. The Morgan fingerprint density at radius 2 is 1.10 bits per heavy atom. The highest BCUT2D eigenvalue weighted by atomic mass is 16.5. The second kappa shape index (κ2) is 13.0. The lowest BCUT2D eigenvalue weighted by Crippen LogP contribution is -2.56. The van der Waals surface area contributed by atoms with Gasteiger partial charge >= 0.3 is 0 Å². The van der Waals surface area contributed by atoms with Gasteiger partial charge in [0.15, 0.2) is 23.2 Å². The average Bonchev–Trinajstić information content (AvgIpc) is 3.40. The second-order valence-electron chi connectivity index (χ2n) is 10.4. The Morgan fingerprint density at radius 3 is 1.49 bits per heavy atom. The van der Waals surface area contributed by atoms with E-state index in [0.717, 1.165) is 66.0 Å². The average molecular weight is 548 g/mol. The summed E-state index contributed by atoms with van der Waals surface area (Å²) in [5.74, 6) is 1.66. The third-order valence-electron chi connectivity index (χ3n) is 7.67. The van der Waals surface area contributed by atoms with Crippen molar-refractivity contribution in [2.75, 3.05) is 13.2 Å². The van der Waals surface area contributed by atoms with Crippen molar-refractivity contribution in [3.8, 4) is 11.5 Å². The summed E-state index contributed by atoms with van der Waals surface area (Å²) >= 11 is 0. The maximum Gasteiger partial charge on any atom is 0.162 e. The maximum absolute atomic E-state index is 13.0. The van der Waals surface area contributed by atoms with Gasteiger partial charge in [-0.1, -0.05) is 87.4 Å². The van der Waals surface area contributed by atoms with Crippen molar-refractivity contribution in [3.63, 3.8) is 0 Å². The molecule has 1 aliphatic heterocycles. The summed E-state index contributed by atoms with van der Waals surface area (Å²) in [4.78, 5) is 13.0. The van der Waals surface area contributed by atoms with Crippen LogP contribution in [0.5, 0.6) is 11.5 Å². The lowest BCUT2D eigenvalue weighted by Gasteiger charge is -2.37. The summed E-state index contributed by atoms with van der Waals surface area (Å²) < 4.78 is 12.1. The van der Waals surface area contributed by atoms with Crippen LogP contribution in [0.4, 0.5) is 11.4 Å². The van der Waals surface area contributed by atoms with Crippen molar-refractivity contribution < 1.29 is 14.3 Å². The van der Waals surface area contributed by atoms with E-state index in [1.54, 1.807) is 0 Å². The van der Waals surface area contributed by atoms with E-state index in [0.29, 0.717) is 18.8 Å². The van der Waals surface area contributed by atoms with Crippen LogP contribution < -0.4 is 19.5 Å². The molecule has 0 unspecified atom stereocenters. The van der Waals surface area contributed by atoms with Crippen molar-refractivity contribution >= 4 is 17.7 Å². The number of ether oxygens (including phenoxy) is 2. The van der Waals surface area contributed by atoms with E-state index in [1.807, 2.05) is 66.9 Å². The number of nitrogens with zero attached hydrogens (tertiary/aromatic N) is 1. The topological polar surface area (TPSA) is 47.6 Å². The number of benzene rings is 4. The Bertz CT molecular complexity index is 1340. The molecule has 0 saturated heterocycles. The fraction of sp³-hybridized carbons (Fsp3) is 0.250. The molecule has 0 saturated carbocycles. The predicted octanol–water partition coefficient (Wildman–Crippen LogP) is 8.23. The van der Waals surface area contributed by atoms with E-state index in [9.17, 15) is 4.79 Å². The molecule has 0 spiro atoms. The number of hydrogen-bond acceptors (Lipinski definition) is 4. The Kier molecular flexibility index (Phi) is 8.98. The van der Waals surface area contributed by atoms with E-state index in [1.165, 1.54) is 0 Å². The number of carbonyl (C=O) groups is 1. The zero-order chi connectivity index (χ0) is 28.5. The molecule has 4 aromatic carbocycles. The molecule has 41 heavy (non-hydrogen) atoms. The minimum atomic E-state index is -0.878. The van der Waals surface area contributed by atoms with Gasteiger partial charge in [0.2, 0.25) is 0 Å². The van der Waals surface area contributed by atoms with Crippen LogP contribution in [0.25, 0.3) is 0 Å². The first-order chi connectivity index (χ1) is 20.2. The molecule has 5 nitrogen and oxygen atoms in total. The van der Waals surface area contributed by atoms with Gasteiger partial charge in [-0.3, -0.25) is 4.79 Å². The Balaban J connectivity index is 1.65. The number of unbranched alkanes of at least 4 members (excludes halogenated alkanes) is 2. The Hall–Kier alpha value is -4.19. The van der Waals surface area contributed by atoms with E-state index in [-0.39, 0.29) is 4.59 Å². The largest absolute Gasteiger partial charge is 0.494 e. The first-order valence-corrected chi connectivity index (χ1v) is 14.6. The van der Waals surface area contributed by atoms with Gasteiger partial charge in [-0.25, -0.2) is 0 Å². The Labute approximate surface area is 243 Å². The molecular formula is C36H39N2O3+. The molecular weight excluding hydrogens is 508 g/mol. The molecule has 0 fully saturated rings. The van der Waals surface area contributed by atoms with Crippen LogP contribution >= 0.6 is 0 Å². The minimum absolute atomic E-state index is 0.141. The van der Waals surface area contributed by atoms with Gasteiger partial charge < -0.3 is 9.47 Å². The second-order valence-corrected chi connectivity index (χ2v) is 10.4. The van der Waals surface area contributed by atoms with Crippen molar-refractivity contribution in [2.45, 2.75) is 45.1 Å². The van der Waals surface area contributed by atoms with Gasteiger partial charge in [0, 0.05) is 24.3 Å². The lowest BCUT2D eigenvalue weighted by atomic mass is 9.79. The molecule has 0 atom stereocenters. The van der Waals surface area contributed by atoms with Crippen LogP contribution in [0.15, 0.2) is 121 Å². The first kappa shape index (κ1) is 28.3. The number of quaternary nitrogens is 1. The van der Waals surface area contributed by atoms with E-state index < -0.39 is 5.54 Å². The normalized spacial score (nSPS) is 15.2. The molecule has 0 radical (unpaired) electrons. The molecule has 1 aliphatic rings. The molecule has 0 aromatic heterocycles. The number of hydrogen-bond donors (Lipinski definition) is 1. The molecule has 1 heterocycles. The highest BCUT2D eigenvalue weighted by Gasteiger charge is 2.54. The zero-order valence-corrected chi connectivity index (χ0v) is 24.0. The van der Waals surface area contributed by atoms with Gasteiger partial charge in [0.1, 0.15) is 17.7 Å². The highest BCUT2D eigenvalue weighted by molar-refractivity contribution is 5.84. The monoisotopic (exact) mass is 547 g/mol. The number of rotatable bonds is 13. The molecule has 0 amide bonds. The van der Waals surface area contributed by atoms with E-state index in [2.05, 4.69) is 67.8 Å². The summed E-state index contributed by atoms with van der Waals surface area (Å²) in [5, 5.41) is 0. The van der Waals surface area contributed by atoms with Crippen LogP contribution in [0.2, 0.25) is 0 Å². The van der Waals surface area contributed by atoms with Crippen molar-refractivity contribution in [1.82, 2.24) is 10.0 Å². The van der Waals surface area contributed by atoms with Crippen molar-refractivity contribution in [2.24, 2.45) is 0 Å². The molecule has 0 bridgehead atoms. The lowest BCUT2D eigenvalue weighted by molar-refractivity contribution is -0.105. The summed E-state index contributed by atoms with van der Waals surface area (Å²) in [7, 11) is 0. The maximum atomic E-state index is 13.0. The number of carbonyl (C=O) groups excluding carboxylic acids is 1. The van der Waals surface area contributed by atoms with Gasteiger partial charge in [-0.05, 0) is 48.2 Å². The van der Waals surface area contributed by atoms with Crippen LogP contribution in [0, 0.1) is 0 Å². The third kappa shape index (κ3) is 5.69. The molecule has 1 N–H and O–H groups in total. The fourth-order valence-corrected chi connectivity index (χ4v) is 5.44. The van der Waals surface area contributed by atoms with E-state index >= 15 is 0 Å². The Morgan fingerprint density at radius 1 is 0.659 bits per heavy atom. The molecule has 5 heteroatoms. The fourth-order valence-electron chi connectivity index (χ4n) is 5.44. The third-order valence-corrected chi connectivity index (χ3v) is 7.67. The van der Waals surface area contributed by atoms with Crippen LogP contribution in [-0.4, -0.2) is 19.5 Å². The summed E-state index contributed by atoms with van der Waals surface area (Å²) in [6, 6.07) is 36.7. The molecule has 0 aliphatic carbocycles. The predicted molar refractivity (Wildman–Crippen MR) is 166 cm³/mol. The van der Waals surface area contributed by atoms with Gasteiger partial charge in [-0.2, -0.15) is 4.59 Å². The van der Waals surface area contributed by atoms with Crippen LogP contribution in [0.3, 0.4) is 0 Å². The molecule has 4 aromatic rings. The zero-order valence-electron chi connectivity index (χ0n) is 24.0. The van der Waals surface area contributed by atoms with Gasteiger partial charge in [0.05, 0.1) is 18.8 Å². The summed E-state index contributed by atoms with van der Waals surface area (Å²) in [6.07, 6.45) is 7.21. The standard InChI is InChI=1S/C36H39N2O3/c1-3-5-25-40-34-21-17-32(18-22-34)38(33-19-23-35(24-20-33)41-26-6-4-2)27-31(28-39)36(37-38,29-13-9-7-10-14-29)30-15-11-8-12-16-30/h7-24,27-28,37H,3-6,25-26H2,1-2H3/q+1. The minimum Gasteiger partial charge on any atom is -0.494 e. The van der Waals surface area contributed by atoms with Crippen molar-refractivity contribution in [3.05, 3.63) is 132 Å². The van der Waals surface area contributed by atoms with Gasteiger partial charge in [-0.15, -0.1) is 5.43 Å². The summed E-state index contributed by atoms with van der Waals surface area (Å²) in [6.45, 7) is 5.69. The van der Waals surface area contributed by atoms with Crippen LogP contribution in [0.1, 0.15) is 50.7 Å². The summed E-state index contributed by atoms with van der Waals surface area (Å²) in [5.41, 5.74) is 7.62. The van der Waals surface area contributed by atoms with E-state index in [4.69, 9.17) is 9.47 Å².